The summed E-state index contributed by atoms with van der Waals surface area (Å²) in [6.07, 6.45) is 2.13. The van der Waals surface area contributed by atoms with E-state index in [1.807, 2.05) is 0 Å². The number of β-amino-alcohol motifs (C(OH)–C–C–N with tert-alkyl or cyclic N) is 1. The third-order valence-electron chi connectivity index (χ3n) is 3.05. The van der Waals surface area contributed by atoms with Crippen molar-refractivity contribution >= 4 is 0 Å². The van der Waals surface area contributed by atoms with Crippen LogP contribution in [0.15, 0.2) is 11.1 Å². The monoisotopic (exact) mass is 183 g/mol. The van der Waals surface area contributed by atoms with Gasteiger partial charge < -0.3 is 10.4 Å². The zero-order chi connectivity index (χ0) is 9.84. The van der Waals surface area contributed by atoms with Crippen molar-refractivity contribution in [3.8, 4) is 0 Å². The molecule has 2 unspecified atom stereocenters. The highest BCUT2D eigenvalue weighted by Gasteiger charge is 2.24. The quantitative estimate of drug-likeness (QED) is 0.653. The van der Waals surface area contributed by atoms with Gasteiger partial charge in [0, 0.05) is 13.1 Å². The van der Waals surface area contributed by atoms with E-state index in [1.54, 1.807) is 0 Å². The molecule has 0 spiro atoms. The summed E-state index contributed by atoms with van der Waals surface area (Å²) < 4.78 is 0. The van der Waals surface area contributed by atoms with E-state index in [0.717, 1.165) is 25.9 Å². The number of hydrogen-bond acceptors (Lipinski definition) is 2. The normalized spacial score (nSPS) is 27.7. The fourth-order valence-electron chi connectivity index (χ4n) is 1.67. The molecule has 2 atom stereocenters. The molecule has 0 aromatic rings. The van der Waals surface area contributed by atoms with E-state index in [0.29, 0.717) is 5.92 Å². The van der Waals surface area contributed by atoms with Crippen molar-refractivity contribution in [2.24, 2.45) is 5.92 Å². The summed E-state index contributed by atoms with van der Waals surface area (Å²) in [4.78, 5) is 0. The second-order valence-electron chi connectivity index (χ2n) is 4.30. The third-order valence-corrected chi connectivity index (χ3v) is 3.05. The maximum absolute atomic E-state index is 9.56. The average molecular weight is 183 g/mol. The van der Waals surface area contributed by atoms with Crippen LogP contribution in [0.4, 0.5) is 0 Å². The lowest BCUT2D eigenvalue weighted by atomic mass is 9.96. The number of allylic oxidation sites excluding steroid dienone is 2. The van der Waals surface area contributed by atoms with E-state index >= 15 is 0 Å². The minimum atomic E-state index is -0.120. The van der Waals surface area contributed by atoms with Gasteiger partial charge in [0.1, 0.15) is 0 Å². The Morgan fingerprint density at radius 1 is 1.31 bits per heavy atom. The first-order chi connectivity index (χ1) is 6.11. The molecule has 0 bridgehead atoms. The summed E-state index contributed by atoms with van der Waals surface area (Å²) in [6, 6.07) is 0. The summed E-state index contributed by atoms with van der Waals surface area (Å²) in [5, 5.41) is 12.8. The lowest BCUT2D eigenvalue weighted by molar-refractivity contribution is 0.143. The van der Waals surface area contributed by atoms with Gasteiger partial charge in [-0.3, -0.25) is 0 Å². The number of aliphatic hydroxyl groups is 1. The van der Waals surface area contributed by atoms with Crippen LogP contribution in [-0.2, 0) is 0 Å². The summed E-state index contributed by atoms with van der Waals surface area (Å²) in [7, 11) is 0. The molecular weight excluding hydrogens is 162 g/mol. The Labute approximate surface area is 81.0 Å². The predicted octanol–water partition coefficient (Wildman–Crippen LogP) is 1.70. The van der Waals surface area contributed by atoms with Crippen LogP contribution in [0.5, 0.6) is 0 Å². The van der Waals surface area contributed by atoms with Gasteiger partial charge in [0.25, 0.3) is 0 Å². The minimum absolute atomic E-state index is 0.120. The van der Waals surface area contributed by atoms with Gasteiger partial charge in [-0.1, -0.05) is 11.1 Å². The highest BCUT2D eigenvalue weighted by Crippen LogP contribution is 2.19. The summed E-state index contributed by atoms with van der Waals surface area (Å²) >= 11 is 0. The zero-order valence-electron chi connectivity index (χ0n) is 8.93. The molecule has 1 rings (SSSR count). The van der Waals surface area contributed by atoms with Gasteiger partial charge in [0.05, 0.1) is 6.10 Å². The fraction of sp³-hybridized carbons (Fsp3) is 0.818. The van der Waals surface area contributed by atoms with Crippen molar-refractivity contribution in [2.45, 2.75) is 39.7 Å². The van der Waals surface area contributed by atoms with Crippen molar-refractivity contribution in [1.82, 2.24) is 5.32 Å². The van der Waals surface area contributed by atoms with E-state index in [-0.39, 0.29) is 6.10 Å². The number of hydrogen-bond donors (Lipinski definition) is 2. The zero-order valence-corrected chi connectivity index (χ0v) is 8.93. The molecule has 1 aliphatic heterocycles. The second kappa shape index (κ2) is 4.77. The first kappa shape index (κ1) is 10.7. The van der Waals surface area contributed by atoms with Crippen molar-refractivity contribution in [1.29, 1.82) is 0 Å². The molecule has 0 aliphatic carbocycles. The van der Waals surface area contributed by atoms with Gasteiger partial charge in [-0.25, -0.2) is 0 Å². The van der Waals surface area contributed by atoms with Crippen LogP contribution in [0.2, 0.25) is 0 Å². The Hall–Kier alpha value is -0.340. The average Bonchev–Trinajstić information content (AvgIpc) is 2.47. The van der Waals surface area contributed by atoms with Crippen LogP contribution in [0.1, 0.15) is 33.6 Å². The maximum atomic E-state index is 9.56. The SMILES string of the molecule is CC(C)=C(C)CCC1CNCC1O. The maximum Gasteiger partial charge on any atom is 0.0704 e. The van der Waals surface area contributed by atoms with Crippen molar-refractivity contribution in [3.05, 3.63) is 11.1 Å². The van der Waals surface area contributed by atoms with Crippen LogP contribution in [-0.4, -0.2) is 24.3 Å². The summed E-state index contributed by atoms with van der Waals surface area (Å²) in [5.41, 5.74) is 2.89. The lowest BCUT2D eigenvalue weighted by Crippen LogP contribution is -2.17. The van der Waals surface area contributed by atoms with Crippen molar-refractivity contribution in [3.63, 3.8) is 0 Å². The number of rotatable bonds is 3. The summed E-state index contributed by atoms with van der Waals surface area (Å²) in [5.74, 6) is 0.467. The summed E-state index contributed by atoms with van der Waals surface area (Å²) in [6.45, 7) is 8.25. The Balaban J connectivity index is 2.30. The van der Waals surface area contributed by atoms with Gasteiger partial charge in [0.15, 0.2) is 0 Å². The molecule has 0 aromatic heterocycles. The Bertz CT molecular complexity index is 194. The molecule has 0 saturated carbocycles. The van der Waals surface area contributed by atoms with E-state index in [2.05, 4.69) is 26.1 Å². The van der Waals surface area contributed by atoms with Gasteiger partial charge >= 0.3 is 0 Å². The standard InChI is InChI=1S/C11H21NO/c1-8(2)9(3)4-5-10-6-12-7-11(10)13/h10-13H,4-7H2,1-3H3. The Morgan fingerprint density at radius 2 is 2.00 bits per heavy atom. The molecule has 2 N–H and O–H groups in total. The lowest BCUT2D eigenvalue weighted by Gasteiger charge is -2.13. The van der Waals surface area contributed by atoms with Crippen LogP contribution in [0.3, 0.4) is 0 Å². The van der Waals surface area contributed by atoms with Gasteiger partial charge in [-0.2, -0.15) is 0 Å². The van der Waals surface area contributed by atoms with Gasteiger partial charge in [-0.05, 0) is 39.5 Å². The van der Waals surface area contributed by atoms with Crippen LogP contribution in [0, 0.1) is 5.92 Å². The first-order valence-corrected chi connectivity index (χ1v) is 5.13. The molecule has 2 heteroatoms. The van der Waals surface area contributed by atoms with Crippen molar-refractivity contribution in [2.75, 3.05) is 13.1 Å². The third kappa shape index (κ3) is 3.12. The molecule has 0 radical (unpaired) electrons. The van der Waals surface area contributed by atoms with E-state index < -0.39 is 0 Å². The van der Waals surface area contributed by atoms with Crippen LogP contribution in [0.25, 0.3) is 0 Å². The van der Waals surface area contributed by atoms with Gasteiger partial charge in [-0.15, -0.1) is 0 Å². The largest absolute Gasteiger partial charge is 0.391 e. The molecule has 0 aromatic carbocycles. The fourth-order valence-corrected chi connectivity index (χ4v) is 1.67. The Kier molecular flexibility index (Phi) is 3.94. The van der Waals surface area contributed by atoms with Crippen LogP contribution < -0.4 is 5.32 Å². The molecule has 1 fully saturated rings. The molecule has 1 saturated heterocycles. The minimum Gasteiger partial charge on any atom is -0.391 e. The highest BCUT2D eigenvalue weighted by atomic mass is 16.3. The van der Waals surface area contributed by atoms with Crippen LogP contribution >= 0.6 is 0 Å². The molecular formula is C11H21NO. The molecule has 2 nitrogen and oxygen atoms in total. The van der Waals surface area contributed by atoms with Crippen molar-refractivity contribution < 1.29 is 5.11 Å². The van der Waals surface area contributed by atoms with Gasteiger partial charge in [0.2, 0.25) is 0 Å². The molecule has 0 amide bonds. The topological polar surface area (TPSA) is 32.3 Å². The smallest absolute Gasteiger partial charge is 0.0704 e. The second-order valence-corrected chi connectivity index (χ2v) is 4.30. The predicted molar refractivity (Wildman–Crippen MR) is 55.6 cm³/mol. The molecule has 13 heavy (non-hydrogen) atoms. The highest BCUT2D eigenvalue weighted by molar-refractivity contribution is 5.06. The van der Waals surface area contributed by atoms with E-state index in [1.165, 1.54) is 11.1 Å². The molecule has 76 valence electrons. The van der Waals surface area contributed by atoms with E-state index in [9.17, 15) is 5.11 Å². The molecule has 1 aliphatic rings. The van der Waals surface area contributed by atoms with E-state index in [4.69, 9.17) is 0 Å². The number of nitrogens with one attached hydrogen (secondary N) is 1. The number of aliphatic hydroxyl groups excluding tert-OH is 1. The Morgan fingerprint density at radius 3 is 2.46 bits per heavy atom. The molecule has 1 heterocycles. The first-order valence-electron chi connectivity index (χ1n) is 5.13.